The average molecular weight is 211 g/mol. The fraction of sp³-hybridized carbons (Fsp3) is 0.500. The van der Waals surface area contributed by atoms with E-state index in [0.29, 0.717) is 12.5 Å². The molecule has 0 aliphatic rings. The molecule has 0 fully saturated rings. The number of rotatable bonds is 5. The molecule has 15 heavy (non-hydrogen) atoms. The third kappa shape index (κ3) is 3.51. The zero-order valence-electron chi connectivity index (χ0n) is 9.24. The van der Waals surface area contributed by atoms with Crippen LogP contribution in [0.3, 0.4) is 0 Å². The molecule has 0 radical (unpaired) electrons. The van der Waals surface area contributed by atoms with Gasteiger partial charge in [0.25, 0.3) is 0 Å². The second kappa shape index (κ2) is 5.71. The molecule has 0 aliphatic carbocycles. The third-order valence-electron chi connectivity index (χ3n) is 2.64. The third-order valence-corrected chi connectivity index (χ3v) is 2.64. The Labute approximate surface area is 90.2 Å². The molecule has 1 aromatic rings. The van der Waals surface area contributed by atoms with Crippen LogP contribution < -0.4 is 10.5 Å². The van der Waals surface area contributed by atoms with Gasteiger partial charge in [0.2, 0.25) is 0 Å². The summed E-state index contributed by atoms with van der Waals surface area (Å²) in [6.45, 7) is 4.50. The van der Waals surface area contributed by atoms with Crippen LogP contribution in [-0.4, -0.2) is 12.6 Å². The molecule has 0 heterocycles. The lowest BCUT2D eigenvalue weighted by molar-refractivity contribution is 0.241. The topological polar surface area (TPSA) is 35.2 Å². The van der Waals surface area contributed by atoms with Gasteiger partial charge in [-0.15, -0.1) is 0 Å². The van der Waals surface area contributed by atoms with Crippen LogP contribution in [0.15, 0.2) is 24.3 Å². The van der Waals surface area contributed by atoms with Gasteiger partial charge in [0, 0.05) is 6.04 Å². The molecule has 2 N–H and O–H groups in total. The highest BCUT2D eigenvalue weighted by atomic mass is 19.1. The first kappa shape index (κ1) is 12.0. The highest BCUT2D eigenvalue weighted by Crippen LogP contribution is 2.16. The predicted molar refractivity (Wildman–Crippen MR) is 59.3 cm³/mol. The van der Waals surface area contributed by atoms with Crippen LogP contribution in [-0.2, 0) is 0 Å². The Kier molecular flexibility index (Phi) is 4.56. The molecule has 2 nitrogen and oxygen atoms in total. The van der Waals surface area contributed by atoms with Crippen LogP contribution in [0.25, 0.3) is 0 Å². The molecule has 84 valence electrons. The number of nitrogens with two attached hydrogens (primary N) is 1. The van der Waals surface area contributed by atoms with E-state index in [2.05, 4.69) is 13.8 Å². The minimum Gasteiger partial charge on any atom is -0.489 e. The van der Waals surface area contributed by atoms with Crippen LogP contribution >= 0.6 is 0 Å². The Bertz CT molecular complexity index is 303. The van der Waals surface area contributed by atoms with Crippen molar-refractivity contribution in [3.8, 4) is 5.75 Å². The van der Waals surface area contributed by atoms with Gasteiger partial charge in [-0.3, -0.25) is 0 Å². The molecule has 1 aromatic carbocycles. The zero-order chi connectivity index (χ0) is 11.3. The van der Waals surface area contributed by atoms with Gasteiger partial charge in [-0.05, 0) is 18.1 Å². The smallest absolute Gasteiger partial charge is 0.165 e. The summed E-state index contributed by atoms with van der Waals surface area (Å²) in [6, 6.07) is 6.32. The fourth-order valence-electron chi connectivity index (χ4n) is 1.21. The van der Waals surface area contributed by atoms with E-state index in [4.69, 9.17) is 10.5 Å². The summed E-state index contributed by atoms with van der Waals surface area (Å²) in [6.07, 6.45) is 1.00. The standard InChI is InChI=1S/C12H18FNO/c1-3-9(2)11(14)8-15-12-7-5-4-6-10(12)13/h4-7,9,11H,3,8,14H2,1-2H3/t9-,11+/m1/s1. The van der Waals surface area contributed by atoms with Crippen molar-refractivity contribution in [2.75, 3.05) is 6.61 Å². The van der Waals surface area contributed by atoms with E-state index < -0.39 is 0 Å². The van der Waals surface area contributed by atoms with Gasteiger partial charge in [0.05, 0.1) is 0 Å². The summed E-state index contributed by atoms with van der Waals surface area (Å²) in [5.74, 6) is 0.321. The quantitative estimate of drug-likeness (QED) is 0.812. The van der Waals surface area contributed by atoms with Crippen LogP contribution in [0, 0.1) is 11.7 Å². The Hall–Kier alpha value is -1.09. The van der Waals surface area contributed by atoms with E-state index in [-0.39, 0.29) is 17.6 Å². The van der Waals surface area contributed by atoms with E-state index in [1.807, 2.05) is 0 Å². The predicted octanol–water partition coefficient (Wildman–Crippen LogP) is 2.58. The largest absolute Gasteiger partial charge is 0.489 e. The molecule has 0 bridgehead atoms. The van der Waals surface area contributed by atoms with Gasteiger partial charge >= 0.3 is 0 Å². The van der Waals surface area contributed by atoms with Gasteiger partial charge in [0.1, 0.15) is 6.61 Å². The number of hydrogen-bond donors (Lipinski definition) is 1. The minimum atomic E-state index is -0.339. The van der Waals surface area contributed by atoms with Crippen LogP contribution in [0.5, 0.6) is 5.75 Å². The maximum Gasteiger partial charge on any atom is 0.165 e. The molecule has 0 saturated carbocycles. The van der Waals surface area contributed by atoms with Crippen molar-refractivity contribution in [3.63, 3.8) is 0 Å². The molecular weight excluding hydrogens is 193 g/mol. The van der Waals surface area contributed by atoms with Crippen molar-refractivity contribution in [2.45, 2.75) is 26.3 Å². The molecule has 0 saturated heterocycles. The van der Waals surface area contributed by atoms with Crippen molar-refractivity contribution in [1.29, 1.82) is 0 Å². The summed E-state index contributed by atoms with van der Waals surface area (Å²) in [7, 11) is 0. The monoisotopic (exact) mass is 211 g/mol. The lowest BCUT2D eigenvalue weighted by Crippen LogP contribution is -2.34. The molecule has 0 amide bonds. The average Bonchev–Trinajstić information content (AvgIpc) is 2.26. The van der Waals surface area contributed by atoms with Gasteiger partial charge in [-0.25, -0.2) is 4.39 Å². The first-order chi connectivity index (χ1) is 7.15. The number of halogens is 1. The molecule has 0 spiro atoms. The van der Waals surface area contributed by atoms with Gasteiger partial charge in [-0.1, -0.05) is 32.4 Å². The fourth-order valence-corrected chi connectivity index (χ4v) is 1.21. The molecule has 1 rings (SSSR count). The molecule has 0 aromatic heterocycles. The maximum atomic E-state index is 13.2. The van der Waals surface area contributed by atoms with Crippen LogP contribution in [0.2, 0.25) is 0 Å². The van der Waals surface area contributed by atoms with Gasteiger partial charge < -0.3 is 10.5 Å². The van der Waals surface area contributed by atoms with Gasteiger partial charge in [0.15, 0.2) is 11.6 Å². The van der Waals surface area contributed by atoms with Crippen molar-refractivity contribution in [2.24, 2.45) is 11.7 Å². The maximum absolute atomic E-state index is 13.2. The summed E-state index contributed by atoms with van der Waals surface area (Å²) in [4.78, 5) is 0. The Balaban J connectivity index is 2.47. The van der Waals surface area contributed by atoms with E-state index in [1.54, 1.807) is 18.2 Å². The van der Waals surface area contributed by atoms with E-state index in [9.17, 15) is 4.39 Å². The van der Waals surface area contributed by atoms with Gasteiger partial charge in [-0.2, -0.15) is 0 Å². The van der Waals surface area contributed by atoms with Crippen molar-refractivity contribution >= 4 is 0 Å². The van der Waals surface area contributed by atoms with E-state index in [1.165, 1.54) is 6.07 Å². The molecule has 0 aliphatic heterocycles. The van der Waals surface area contributed by atoms with Crippen molar-refractivity contribution < 1.29 is 9.13 Å². The van der Waals surface area contributed by atoms with Crippen molar-refractivity contribution in [3.05, 3.63) is 30.1 Å². The minimum absolute atomic E-state index is 0.0467. The van der Waals surface area contributed by atoms with Crippen LogP contribution in [0.1, 0.15) is 20.3 Å². The number of ether oxygens (including phenoxy) is 1. The number of hydrogen-bond acceptors (Lipinski definition) is 2. The SMILES string of the molecule is CC[C@@H](C)[C@@H](N)COc1ccccc1F. The lowest BCUT2D eigenvalue weighted by Gasteiger charge is -2.18. The molecule has 2 atom stereocenters. The van der Waals surface area contributed by atoms with E-state index >= 15 is 0 Å². The Morgan fingerprint density at radius 3 is 2.67 bits per heavy atom. The normalized spacial score (nSPS) is 14.7. The van der Waals surface area contributed by atoms with Crippen LogP contribution in [0.4, 0.5) is 4.39 Å². The second-order valence-corrected chi connectivity index (χ2v) is 3.79. The Morgan fingerprint density at radius 2 is 2.07 bits per heavy atom. The zero-order valence-corrected chi connectivity index (χ0v) is 9.24. The Morgan fingerprint density at radius 1 is 1.40 bits per heavy atom. The highest BCUT2D eigenvalue weighted by molar-refractivity contribution is 5.23. The molecule has 0 unspecified atom stereocenters. The van der Waals surface area contributed by atoms with E-state index in [0.717, 1.165) is 6.42 Å². The van der Waals surface area contributed by atoms with Crippen molar-refractivity contribution in [1.82, 2.24) is 0 Å². The summed E-state index contributed by atoms with van der Waals surface area (Å²) < 4.78 is 18.5. The molecular formula is C12H18FNO. The number of benzene rings is 1. The number of para-hydroxylation sites is 1. The lowest BCUT2D eigenvalue weighted by atomic mass is 10.0. The summed E-state index contributed by atoms with van der Waals surface area (Å²) in [5, 5.41) is 0. The first-order valence-electron chi connectivity index (χ1n) is 5.28. The second-order valence-electron chi connectivity index (χ2n) is 3.79. The highest BCUT2D eigenvalue weighted by Gasteiger charge is 2.12. The molecule has 3 heteroatoms. The first-order valence-corrected chi connectivity index (χ1v) is 5.28. The summed E-state index contributed by atoms with van der Waals surface area (Å²) >= 11 is 0. The summed E-state index contributed by atoms with van der Waals surface area (Å²) in [5.41, 5.74) is 5.88.